The third kappa shape index (κ3) is 1.63. The number of nitrogens with one attached hydrogen (secondary N) is 1. The molecule has 4 heteroatoms. The maximum absolute atomic E-state index is 4.54. The fourth-order valence-corrected chi connectivity index (χ4v) is 3.63. The van der Waals surface area contributed by atoms with E-state index >= 15 is 0 Å². The minimum atomic E-state index is 0.759. The lowest BCUT2D eigenvalue weighted by Crippen LogP contribution is -1.82. The van der Waals surface area contributed by atoms with Gasteiger partial charge in [-0.15, -0.1) is 0 Å². The normalized spacial score (nSPS) is 11.7. The third-order valence-corrected chi connectivity index (χ3v) is 4.40. The third-order valence-electron chi connectivity index (χ3n) is 3.40. The number of aromatic amines is 1. The molecule has 19 heavy (non-hydrogen) atoms. The molecule has 0 saturated heterocycles. The second-order valence-electron chi connectivity index (χ2n) is 4.49. The molecule has 0 saturated carbocycles. The molecule has 0 bridgehead atoms. The van der Waals surface area contributed by atoms with Gasteiger partial charge in [-0.3, -0.25) is 0 Å². The number of nitrogens with zero attached hydrogens (tertiary/aromatic N) is 1. The molecule has 1 heterocycles. The van der Waals surface area contributed by atoms with Crippen molar-refractivity contribution in [3.05, 3.63) is 51.7 Å². The zero-order chi connectivity index (χ0) is 13.0. The van der Waals surface area contributed by atoms with Gasteiger partial charge in [-0.1, -0.05) is 46.3 Å². The molecule has 0 fully saturated rings. The predicted octanol–water partition coefficient (Wildman–Crippen LogP) is 5.39. The van der Waals surface area contributed by atoms with E-state index in [4.69, 9.17) is 0 Å². The van der Waals surface area contributed by atoms with Gasteiger partial charge in [-0.25, -0.2) is 4.98 Å². The highest BCUT2D eigenvalue weighted by Gasteiger charge is 2.11. The largest absolute Gasteiger partial charge is 0.332 e. The van der Waals surface area contributed by atoms with Crippen molar-refractivity contribution in [2.24, 2.45) is 0 Å². The van der Waals surface area contributed by atoms with Crippen molar-refractivity contribution < 1.29 is 0 Å². The van der Waals surface area contributed by atoms with Crippen LogP contribution in [-0.4, -0.2) is 9.97 Å². The average Bonchev–Trinajstić information content (AvgIpc) is 2.78. The number of H-pyrrole nitrogens is 1. The van der Waals surface area contributed by atoms with Gasteiger partial charge >= 0.3 is 0 Å². The molecule has 0 amide bonds. The summed E-state index contributed by atoms with van der Waals surface area (Å²) < 4.78 is 1.83. The van der Waals surface area contributed by atoms with E-state index in [-0.39, 0.29) is 0 Å². The van der Waals surface area contributed by atoms with Gasteiger partial charge in [0.15, 0.2) is 4.73 Å². The van der Waals surface area contributed by atoms with Crippen molar-refractivity contribution in [3.8, 4) is 0 Å². The number of aromatic nitrogens is 2. The van der Waals surface area contributed by atoms with Gasteiger partial charge in [0, 0.05) is 9.86 Å². The molecule has 1 aromatic heterocycles. The summed E-state index contributed by atoms with van der Waals surface area (Å²) in [7, 11) is 0. The lowest BCUT2D eigenvalue weighted by molar-refractivity contribution is 1.27. The average molecular weight is 376 g/mol. The van der Waals surface area contributed by atoms with Gasteiger partial charge in [-0.2, -0.15) is 0 Å². The molecule has 2 nitrogen and oxygen atoms in total. The molecule has 0 aliphatic heterocycles. The molecule has 0 unspecified atom stereocenters. The first-order valence-electron chi connectivity index (χ1n) is 5.89. The van der Waals surface area contributed by atoms with E-state index in [1.165, 1.54) is 16.2 Å². The van der Waals surface area contributed by atoms with Gasteiger partial charge < -0.3 is 4.98 Å². The van der Waals surface area contributed by atoms with Crippen LogP contribution in [0.25, 0.3) is 32.6 Å². The van der Waals surface area contributed by atoms with Crippen LogP contribution >= 0.6 is 31.9 Å². The fraction of sp³-hybridized carbons (Fsp3) is 0. The molecule has 0 aliphatic carbocycles. The van der Waals surface area contributed by atoms with Gasteiger partial charge in [0.2, 0.25) is 0 Å². The number of imidazole rings is 1. The molecule has 1 N–H and O–H groups in total. The minimum Gasteiger partial charge on any atom is -0.332 e. The number of rotatable bonds is 0. The van der Waals surface area contributed by atoms with Crippen LogP contribution in [0, 0.1) is 0 Å². The number of benzene rings is 3. The van der Waals surface area contributed by atoms with Crippen molar-refractivity contribution in [2.45, 2.75) is 0 Å². The first-order valence-corrected chi connectivity index (χ1v) is 7.48. The van der Waals surface area contributed by atoms with Crippen molar-refractivity contribution in [3.63, 3.8) is 0 Å². The second-order valence-corrected chi connectivity index (χ2v) is 6.10. The van der Waals surface area contributed by atoms with Crippen LogP contribution in [0.15, 0.2) is 51.7 Å². The van der Waals surface area contributed by atoms with E-state index in [0.717, 1.165) is 25.6 Å². The van der Waals surface area contributed by atoms with Crippen LogP contribution in [0.5, 0.6) is 0 Å². The van der Waals surface area contributed by atoms with Crippen molar-refractivity contribution in [2.75, 3.05) is 0 Å². The first kappa shape index (κ1) is 11.4. The second kappa shape index (κ2) is 4.05. The summed E-state index contributed by atoms with van der Waals surface area (Å²) >= 11 is 7.08. The number of hydrogen-bond donors (Lipinski definition) is 1. The van der Waals surface area contributed by atoms with Crippen LogP contribution in [0.2, 0.25) is 0 Å². The lowest BCUT2D eigenvalue weighted by Gasteiger charge is -2.06. The van der Waals surface area contributed by atoms with E-state index in [1.54, 1.807) is 0 Å². The van der Waals surface area contributed by atoms with Gasteiger partial charge in [0.25, 0.3) is 0 Å². The Labute approximate surface area is 126 Å². The molecule has 3 aromatic carbocycles. The first-order chi connectivity index (χ1) is 9.24. The van der Waals surface area contributed by atoms with Crippen LogP contribution in [0.1, 0.15) is 0 Å². The number of hydrogen-bond acceptors (Lipinski definition) is 1. The maximum atomic E-state index is 4.54. The Morgan fingerprint density at radius 2 is 1.79 bits per heavy atom. The molecule has 4 aromatic rings. The summed E-state index contributed by atoms with van der Waals surface area (Å²) in [4.78, 5) is 7.75. The highest BCUT2D eigenvalue weighted by Crippen LogP contribution is 2.36. The Morgan fingerprint density at radius 1 is 0.947 bits per heavy atom. The van der Waals surface area contributed by atoms with Gasteiger partial charge in [-0.05, 0) is 44.2 Å². The smallest absolute Gasteiger partial charge is 0.175 e. The number of fused-ring (bicyclic) bond motifs is 5. The van der Waals surface area contributed by atoms with Gasteiger partial charge in [0.1, 0.15) is 0 Å². The van der Waals surface area contributed by atoms with E-state index in [9.17, 15) is 0 Å². The molecule has 4 rings (SSSR count). The standard InChI is InChI=1S/C15H8Br2N2/c16-11-7-8-3-1-2-4-9(8)10-5-6-12-14(13(10)11)19-15(17)18-12/h1-7H,(H,18,19). The van der Waals surface area contributed by atoms with E-state index in [0.29, 0.717) is 0 Å². The summed E-state index contributed by atoms with van der Waals surface area (Å²) in [5, 5.41) is 4.85. The Morgan fingerprint density at radius 3 is 2.68 bits per heavy atom. The Bertz CT molecular complexity index is 941. The van der Waals surface area contributed by atoms with E-state index in [2.05, 4.69) is 84.3 Å². The number of halogens is 2. The van der Waals surface area contributed by atoms with Crippen molar-refractivity contribution >= 4 is 64.4 Å². The van der Waals surface area contributed by atoms with E-state index in [1.807, 2.05) is 0 Å². The zero-order valence-corrected chi connectivity index (χ0v) is 12.9. The molecule has 0 atom stereocenters. The minimum absolute atomic E-state index is 0.759. The summed E-state index contributed by atoms with van der Waals surface area (Å²) in [6.45, 7) is 0. The van der Waals surface area contributed by atoms with Crippen LogP contribution in [0.4, 0.5) is 0 Å². The predicted molar refractivity (Wildman–Crippen MR) is 86.5 cm³/mol. The molecule has 0 radical (unpaired) electrons. The maximum Gasteiger partial charge on any atom is 0.175 e. The summed E-state index contributed by atoms with van der Waals surface area (Å²) in [5.41, 5.74) is 2.03. The Hall–Kier alpha value is -1.39. The topological polar surface area (TPSA) is 28.7 Å². The van der Waals surface area contributed by atoms with Crippen LogP contribution in [-0.2, 0) is 0 Å². The van der Waals surface area contributed by atoms with Crippen LogP contribution in [0.3, 0.4) is 0 Å². The monoisotopic (exact) mass is 374 g/mol. The Kier molecular flexibility index (Phi) is 2.44. The van der Waals surface area contributed by atoms with Crippen LogP contribution < -0.4 is 0 Å². The Balaban J connectivity index is 2.34. The molecular weight excluding hydrogens is 368 g/mol. The molecule has 0 aliphatic rings. The molecule has 92 valence electrons. The van der Waals surface area contributed by atoms with E-state index < -0.39 is 0 Å². The lowest BCUT2D eigenvalue weighted by atomic mass is 10.0. The highest BCUT2D eigenvalue weighted by atomic mass is 79.9. The molecular formula is C15H8Br2N2. The summed E-state index contributed by atoms with van der Waals surface area (Å²) in [6.07, 6.45) is 0. The van der Waals surface area contributed by atoms with Crippen molar-refractivity contribution in [1.29, 1.82) is 0 Å². The summed E-state index contributed by atoms with van der Waals surface area (Å²) in [5.74, 6) is 0. The highest BCUT2D eigenvalue weighted by molar-refractivity contribution is 9.10. The molecule has 0 spiro atoms. The quantitative estimate of drug-likeness (QED) is 0.410. The SMILES string of the molecule is Brc1nc2c(ccc3c4ccccc4cc(Br)c32)[nH]1. The fourth-order valence-electron chi connectivity index (χ4n) is 2.59. The zero-order valence-electron chi connectivity index (χ0n) is 9.74. The van der Waals surface area contributed by atoms with Gasteiger partial charge in [0.05, 0.1) is 11.0 Å². The summed E-state index contributed by atoms with van der Waals surface area (Å²) in [6, 6.07) is 14.8. The van der Waals surface area contributed by atoms with Crippen molar-refractivity contribution in [1.82, 2.24) is 9.97 Å².